The molecule has 0 radical (unpaired) electrons. The topological polar surface area (TPSA) is 72.2 Å². The van der Waals surface area contributed by atoms with Crippen LogP contribution in [0.4, 0.5) is 4.39 Å². The maximum absolute atomic E-state index is 13.0. The number of nitrogens with zero attached hydrogens (tertiary/aromatic N) is 2. The van der Waals surface area contributed by atoms with Crippen molar-refractivity contribution >= 4 is 20.9 Å². The maximum Gasteiger partial charge on any atom is 0.154 e. The Balaban J connectivity index is 2.00. The van der Waals surface area contributed by atoms with Gasteiger partial charge in [-0.1, -0.05) is 24.3 Å². The first-order valence-corrected chi connectivity index (χ1v) is 9.45. The summed E-state index contributed by atoms with van der Waals surface area (Å²) in [5.74, 6) is -0.214. The van der Waals surface area contributed by atoms with E-state index in [1.54, 1.807) is 10.6 Å². The Bertz CT molecular complexity index is 965. The van der Waals surface area contributed by atoms with E-state index < -0.39 is 15.9 Å². The Morgan fingerprint density at radius 1 is 1.17 bits per heavy atom. The van der Waals surface area contributed by atoms with Crippen LogP contribution < -0.4 is 0 Å². The van der Waals surface area contributed by atoms with Crippen LogP contribution in [0.5, 0.6) is 0 Å². The number of fused-ring (bicyclic) bond motifs is 1. The number of aliphatic hydroxyl groups excluding tert-OH is 1. The summed E-state index contributed by atoms with van der Waals surface area (Å²) in [5.41, 5.74) is 1.97. The highest BCUT2D eigenvalue weighted by atomic mass is 32.2. The average Bonchev–Trinajstić information content (AvgIpc) is 2.83. The van der Waals surface area contributed by atoms with Gasteiger partial charge in [-0.05, 0) is 29.8 Å². The third kappa shape index (κ3) is 3.63. The number of hydrogen-bond donors (Lipinski definition) is 1. The fourth-order valence-electron chi connectivity index (χ4n) is 2.64. The molecule has 0 aliphatic carbocycles. The van der Waals surface area contributed by atoms with Gasteiger partial charge in [0, 0.05) is 6.26 Å². The van der Waals surface area contributed by atoms with Gasteiger partial charge in [0.1, 0.15) is 17.4 Å². The first-order chi connectivity index (χ1) is 11.3. The molecule has 7 heteroatoms. The van der Waals surface area contributed by atoms with E-state index >= 15 is 0 Å². The maximum atomic E-state index is 13.0. The Morgan fingerprint density at radius 2 is 1.83 bits per heavy atom. The van der Waals surface area contributed by atoms with Crippen LogP contribution in [-0.2, 0) is 22.1 Å². The molecule has 0 bridgehead atoms. The van der Waals surface area contributed by atoms with Crippen LogP contribution in [-0.4, -0.2) is 29.3 Å². The monoisotopic (exact) mass is 348 g/mol. The smallest absolute Gasteiger partial charge is 0.154 e. The van der Waals surface area contributed by atoms with Crippen LogP contribution in [0.25, 0.3) is 11.0 Å². The second kappa shape index (κ2) is 6.33. The highest BCUT2D eigenvalue weighted by Gasteiger charge is 2.18. The first-order valence-electron chi connectivity index (χ1n) is 7.39. The molecular weight excluding hydrogens is 331 g/mol. The number of benzene rings is 2. The molecule has 1 atom stereocenters. The molecule has 1 unspecified atom stereocenters. The van der Waals surface area contributed by atoms with E-state index in [1.165, 1.54) is 24.3 Å². The number of hydrogen-bond acceptors (Lipinski definition) is 4. The third-order valence-electron chi connectivity index (χ3n) is 3.74. The summed E-state index contributed by atoms with van der Waals surface area (Å²) in [6.45, 7) is 0.136. The van der Waals surface area contributed by atoms with Gasteiger partial charge in [0.05, 0.1) is 23.7 Å². The summed E-state index contributed by atoms with van der Waals surface area (Å²) >= 11 is 0. The molecule has 1 N–H and O–H groups in total. The molecule has 3 rings (SSSR count). The fraction of sp³-hybridized carbons (Fsp3) is 0.235. The van der Waals surface area contributed by atoms with Crippen LogP contribution in [0, 0.1) is 5.82 Å². The normalized spacial score (nSPS) is 13.3. The molecule has 24 heavy (non-hydrogen) atoms. The molecule has 0 amide bonds. The molecule has 0 spiro atoms. The van der Waals surface area contributed by atoms with Gasteiger partial charge >= 0.3 is 0 Å². The first kappa shape index (κ1) is 16.6. The number of rotatable bonds is 5. The zero-order chi connectivity index (χ0) is 17.3. The predicted octanol–water partition coefficient (Wildman–Crippen LogP) is 2.45. The molecule has 5 nitrogen and oxygen atoms in total. The van der Waals surface area contributed by atoms with Gasteiger partial charge < -0.3 is 9.67 Å². The Morgan fingerprint density at radius 3 is 2.50 bits per heavy atom. The largest absolute Gasteiger partial charge is 0.387 e. The molecular formula is C17H17FN2O3S. The highest BCUT2D eigenvalue weighted by molar-refractivity contribution is 7.89. The van der Waals surface area contributed by atoms with E-state index in [2.05, 4.69) is 4.98 Å². The van der Waals surface area contributed by atoms with Gasteiger partial charge in [-0.2, -0.15) is 0 Å². The van der Waals surface area contributed by atoms with E-state index in [9.17, 15) is 17.9 Å². The van der Waals surface area contributed by atoms with Gasteiger partial charge in [0.2, 0.25) is 0 Å². The van der Waals surface area contributed by atoms with Crippen molar-refractivity contribution in [3.05, 3.63) is 65.7 Å². The van der Waals surface area contributed by atoms with E-state index in [4.69, 9.17) is 0 Å². The van der Waals surface area contributed by atoms with Crippen LogP contribution in [0.1, 0.15) is 17.5 Å². The summed E-state index contributed by atoms with van der Waals surface area (Å²) in [6.07, 6.45) is 0.245. The Labute approximate surface area is 139 Å². The number of aliphatic hydroxyl groups is 1. The van der Waals surface area contributed by atoms with Crippen molar-refractivity contribution in [2.24, 2.45) is 0 Å². The second-order valence-electron chi connectivity index (χ2n) is 5.76. The summed E-state index contributed by atoms with van der Waals surface area (Å²) in [6, 6.07) is 12.8. The minimum atomic E-state index is -3.27. The van der Waals surface area contributed by atoms with Gasteiger partial charge in [0.15, 0.2) is 9.84 Å². The van der Waals surface area contributed by atoms with Crippen molar-refractivity contribution in [3.63, 3.8) is 0 Å². The van der Waals surface area contributed by atoms with E-state index in [0.717, 1.165) is 11.8 Å². The molecule has 0 saturated heterocycles. The minimum absolute atomic E-state index is 0.136. The summed E-state index contributed by atoms with van der Waals surface area (Å²) in [5, 5.41) is 10.4. The van der Waals surface area contributed by atoms with E-state index in [-0.39, 0.29) is 18.1 Å². The Hall–Kier alpha value is -2.25. The van der Waals surface area contributed by atoms with Gasteiger partial charge in [-0.15, -0.1) is 0 Å². The van der Waals surface area contributed by atoms with E-state index in [1.807, 2.05) is 18.2 Å². The number of para-hydroxylation sites is 2. The van der Waals surface area contributed by atoms with Crippen molar-refractivity contribution in [2.75, 3.05) is 6.26 Å². The highest BCUT2D eigenvalue weighted by Crippen LogP contribution is 2.22. The zero-order valence-corrected chi connectivity index (χ0v) is 13.9. The second-order valence-corrected chi connectivity index (χ2v) is 7.90. The lowest BCUT2D eigenvalue weighted by Gasteiger charge is -2.15. The third-order valence-corrected chi connectivity index (χ3v) is 4.52. The van der Waals surface area contributed by atoms with Crippen molar-refractivity contribution in [1.29, 1.82) is 0 Å². The van der Waals surface area contributed by atoms with Gasteiger partial charge in [0.25, 0.3) is 0 Å². The zero-order valence-electron chi connectivity index (χ0n) is 13.1. The predicted molar refractivity (Wildman–Crippen MR) is 89.6 cm³/mol. The molecule has 0 fully saturated rings. The molecule has 3 aromatic rings. The molecule has 126 valence electrons. The van der Waals surface area contributed by atoms with Crippen molar-refractivity contribution in [1.82, 2.24) is 9.55 Å². The van der Waals surface area contributed by atoms with E-state index in [0.29, 0.717) is 16.9 Å². The fourth-order valence-corrected chi connectivity index (χ4v) is 3.33. The van der Waals surface area contributed by atoms with Crippen LogP contribution >= 0.6 is 0 Å². The lowest BCUT2D eigenvalue weighted by molar-refractivity contribution is 0.157. The quantitative estimate of drug-likeness (QED) is 0.769. The molecule has 2 aromatic carbocycles. The lowest BCUT2D eigenvalue weighted by Crippen LogP contribution is -2.14. The van der Waals surface area contributed by atoms with Crippen molar-refractivity contribution in [3.8, 4) is 0 Å². The summed E-state index contributed by atoms with van der Waals surface area (Å²) in [7, 11) is -3.27. The molecule has 0 saturated carbocycles. The number of imidazole rings is 1. The van der Waals surface area contributed by atoms with Crippen LogP contribution in [0.2, 0.25) is 0 Å². The Kier molecular flexibility index (Phi) is 4.38. The van der Waals surface area contributed by atoms with Gasteiger partial charge in [-0.25, -0.2) is 17.8 Å². The number of aromatic nitrogens is 2. The number of halogens is 1. The molecule has 1 aromatic heterocycles. The summed E-state index contributed by atoms with van der Waals surface area (Å²) < 4.78 is 38.1. The van der Waals surface area contributed by atoms with Crippen LogP contribution in [0.15, 0.2) is 48.5 Å². The molecule has 0 aliphatic rings. The lowest BCUT2D eigenvalue weighted by atomic mass is 10.1. The van der Waals surface area contributed by atoms with Crippen LogP contribution in [0.3, 0.4) is 0 Å². The molecule has 0 aliphatic heterocycles. The van der Waals surface area contributed by atoms with Crippen molar-refractivity contribution < 1.29 is 17.9 Å². The SMILES string of the molecule is CS(=O)(=O)Cc1nc2ccccc2n1CC(O)c1ccc(F)cc1. The molecule has 1 heterocycles. The van der Waals surface area contributed by atoms with Crippen molar-refractivity contribution in [2.45, 2.75) is 18.4 Å². The minimum Gasteiger partial charge on any atom is -0.387 e. The standard InChI is InChI=1S/C17H17FN2O3S/c1-24(22,23)11-17-19-14-4-2-3-5-15(14)20(17)10-16(21)12-6-8-13(18)9-7-12/h2-9,16,21H,10-11H2,1H3. The van der Waals surface area contributed by atoms with Gasteiger partial charge in [-0.3, -0.25) is 0 Å². The summed E-state index contributed by atoms with van der Waals surface area (Å²) in [4.78, 5) is 4.37. The number of sulfone groups is 1. The average molecular weight is 348 g/mol.